The quantitative estimate of drug-likeness (QED) is 0.681. The van der Waals surface area contributed by atoms with E-state index in [2.05, 4.69) is 15.5 Å². The summed E-state index contributed by atoms with van der Waals surface area (Å²) in [5, 5.41) is 7.20. The highest BCUT2D eigenvalue weighted by Gasteiger charge is 2.16. The fourth-order valence-corrected chi connectivity index (χ4v) is 3.01. The van der Waals surface area contributed by atoms with Gasteiger partial charge < -0.3 is 9.84 Å². The van der Waals surface area contributed by atoms with Gasteiger partial charge in [-0.3, -0.25) is 4.79 Å². The van der Waals surface area contributed by atoms with Crippen LogP contribution in [-0.4, -0.2) is 21.3 Å². The number of carbonyl (C=O) groups is 1. The van der Waals surface area contributed by atoms with Gasteiger partial charge >= 0.3 is 0 Å². The molecule has 1 N–H and O–H groups in total. The normalized spacial score (nSPS) is 11.9. The van der Waals surface area contributed by atoms with Gasteiger partial charge in [0.05, 0.1) is 11.0 Å². The SMILES string of the molecule is CC(SCc1nc(-c2cccc(Cl)c2)no1)C(=O)Nc1ccccc1. The third kappa shape index (κ3) is 4.84. The molecule has 1 atom stereocenters. The first-order chi connectivity index (χ1) is 12.1. The molecule has 0 spiro atoms. The number of hydrogen-bond acceptors (Lipinski definition) is 5. The molecule has 0 fully saturated rings. The van der Waals surface area contributed by atoms with Crippen molar-refractivity contribution in [1.29, 1.82) is 0 Å². The highest BCUT2D eigenvalue weighted by molar-refractivity contribution is 7.99. The van der Waals surface area contributed by atoms with Crippen LogP contribution in [0, 0.1) is 0 Å². The fourth-order valence-electron chi connectivity index (χ4n) is 2.10. The molecule has 2 aromatic carbocycles. The zero-order valence-corrected chi connectivity index (χ0v) is 15.1. The molecule has 1 aromatic heterocycles. The molecule has 0 radical (unpaired) electrons. The Morgan fingerprint density at radius 1 is 1.24 bits per heavy atom. The molecular weight excluding hydrogens is 358 g/mol. The van der Waals surface area contributed by atoms with E-state index in [1.54, 1.807) is 12.1 Å². The van der Waals surface area contributed by atoms with Crippen LogP contribution in [0.4, 0.5) is 5.69 Å². The van der Waals surface area contributed by atoms with Gasteiger partial charge in [-0.2, -0.15) is 4.98 Å². The minimum absolute atomic E-state index is 0.0641. The fraction of sp³-hybridized carbons (Fsp3) is 0.167. The van der Waals surface area contributed by atoms with Crippen LogP contribution >= 0.6 is 23.4 Å². The lowest BCUT2D eigenvalue weighted by atomic mass is 10.2. The van der Waals surface area contributed by atoms with E-state index in [1.165, 1.54) is 11.8 Å². The molecule has 0 aliphatic heterocycles. The molecule has 1 amide bonds. The Morgan fingerprint density at radius 2 is 2.04 bits per heavy atom. The average molecular weight is 374 g/mol. The summed E-state index contributed by atoms with van der Waals surface area (Å²) >= 11 is 7.41. The second-order valence-corrected chi connectivity index (χ2v) is 7.10. The molecule has 7 heteroatoms. The van der Waals surface area contributed by atoms with E-state index in [0.29, 0.717) is 22.5 Å². The van der Waals surface area contributed by atoms with Crippen LogP contribution in [0.2, 0.25) is 5.02 Å². The van der Waals surface area contributed by atoms with Crippen LogP contribution in [0.5, 0.6) is 0 Å². The molecule has 3 aromatic rings. The van der Waals surface area contributed by atoms with Gasteiger partial charge in [-0.25, -0.2) is 0 Å². The van der Waals surface area contributed by atoms with Gasteiger partial charge in [0.1, 0.15) is 0 Å². The van der Waals surface area contributed by atoms with E-state index in [0.717, 1.165) is 11.3 Å². The van der Waals surface area contributed by atoms with Gasteiger partial charge in [0.15, 0.2) is 0 Å². The number of anilines is 1. The number of thioether (sulfide) groups is 1. The van der Waals surface area contributed by atoms with Crippen LogP contribution in [0.25, 0.3) is 11.4 Å². The lowest BCUT2D eigenvalue weighted by Gasteiger charge is -2.10. The van der Waals surface area contributed by atoms with Crippen molar-refractivity contribution in [3.05, 3.63) is 65.5 Å². The van der Waals surface area contributed by atoms with Gasteiger partial charge in [0.25, 0.3) is 0 Å². The van der Waals surface area contributed by atoms with Crippen LogP contribution in [-0.2, 0) is 10.5 Å². The minimum Gasteiger partial charge on any atom is -0.338 e. The summed E-state index contributed by atoms with van der Waals surface area (Å²) in [7, 11) is 0. The minimum atomic E-state index is -0.248. The molecular formula is C18H16ClN3O2S. The maximum Gasteiger partial charge on any atom is 0.237 e. The number of halogens is 1. The second kappa shape index (κ2) is 8.18. The van der Waals surface area contributed by atoms with Gasteiger partial charge in [-0.1, -0.05) is 47.1 Å². The Balaban J connectivity index is 1.56. The summed E-state index contributed by atoms with van der Waals surface area (Å²) in [6, 6.07) is 16.6. The predicted molar refractivity (Wildman–Crippen MR) is 101 cm³/mol. The highest BCUT2D eigenvalue weighted by atomic mass is 35.5. The number of amides is 1. The Labute approximate surface area is 154 Å². The molecule has 0 aliphatic rings. The second-order valence-electron chi connectivity index (χ2n) is 5.33. The maximum absolute atomic E-state index is 12.2. The largest absolute Gasteiger partial charge is 0.338 e. The number of benzene rings is 2. The van der Waals surface area contributed by atoms with E-state index >= 15 is 0 Å². The molecule has 0 bridgehead atoms. The van der Waals surface area contributed by atoms with Crippen molar-refractivity contribution in [3.63, 3.8) is 0 Å². The molecule has 128 valence electrons. The monoisotopic (exact) mass is 373 g/mol. The van der Waals surface area contributed by atoms with Gasteiger partial charge in [-0.05, 0) is 31.2 Å². The summed E-state index contributed by atoms with van der Waals surface area (Å²) in [6.07, 6.45) is 0. The summed E-state index contributed by atoms with van der Waals surface area (Å²) in [5.74, 6) is 1.35. The molecule has 1 unspecified atom stereocenters. The first-order valence-electron chi connectivity index (χ1n) is 7.68. The number of carbonyl (C=O) groups excluding carboxylic acids is 1. The number of rotatable bonds is 6. The summed E-state index contributed by atoms with van der Waals surface area (Å²) in [6.45, 7) is 1.84. The Kier molecular flexibility index (Phi) is 5.73. The third-order valence-electron chi connectivity index (χ3n) is 3.42. The van der Waals surface area contributed by atoms with Crippen molar-refractivity contribution in [3.8, 4) is 11.4 Å². The number of nitrogens with one attached hydrogen (secondary N) is 1. The van der Waals surface area contributed by atoms with Crippen molar-refractivity contribution in [2.24, 2.45) is 0 Å². The molecule has 5 nitrogen and oxygen atoms in total. The number of aromatic nitrogens is 2. The maximum atomic E-state index is 12.2. The Bertz CT molecular complexity index is 854. The van der Waals surface area contributed by atoms with Gasteiger partial charge in [0, 0.05) is 16.3 Å². The molecule has 0 saturated carbocycles. The van der Waals surface area contributed by atoms with Crippen molar-refractivity contribution in [1.82, 2.24) is 10.1 Å². The van der Waals surface area contributed by atoms with Crippen LogP contribution in [0.3, 0.4) is 0 Å². The standard InChI is InChI=1S/C18H16ClN3O2S/c1-12(18(23)20-15-8-3-2-4-9-15)25-11-16-21-17(22-24-16)13-6-5-7-14(19)10-13/h2-10,12H,11H2,1H3,(H,20,23). The van der Waals surface area contributed by atoms with E-state index in [1.807, 2.05) is 49.4 Å². The zero-order chi connectivity index (χ0) is 17.6. The first kappa shape index (κ1) is 17.5. The smallest absolute Gasteiger partial charge is 0.237 e. The zero-order valence-electron chi connectivity index (χ0n) is 13.5. The van der Waals surface area contributed by atoms with Crippen molar-refractivity contribution in [2.45, 2.75) is 17.9 Å². The lowest BCUT2D eigenvalue weighted by molar-refractivity contribution is -0.115. The van der Waals surface area contributed by atoms with E-state index in [4.69, 9.17) is 16.1 Å². The predicted octanol–water partition coefficient (Wildman–Crippen LogP) is 4.65. The number of para-hydroxylation sites is 1. The topological polar surface area (TPSA) is 68.0 Å². The van der Waals surface area contributed by atoms with Gasteiger partial charge in [-0.15, -0.1) is 11.8 Å². The van der Waals surface area contributed by atoms with E-state index < -0.39 is 0 Å². The molecule has 3 rings (SSSR count). The average Bonchev–Trinajstić information content (AvgIpc) is 3.09. The number of hydrogen-bond donors (Lipinski definition) is 1. The van der Waals surface area contributed by atoms with Gasteiger partial charge in [0.2, 0.25) is 17.6 Å². The van der Waals surface area contributed by atoms with E-state index in [9.17, 15) is 4.79 Å². The Morgan fingerprint density at radius 3 is 2.80 bits per heavy atom. The summed E-state index contributed by atoms with van der Waals surface area (Å²) in [4.78, 5) is 16.5. The van der Waals surface area contributed by atoms with Crippen LogP contribution < -0.4 is 5.32 Å². The Hall–Kier alpha value is -2.31. The highest BCUT2D eigenvalue weighted by Crippen LogP contribution is 2.23. The molecule has 0 saturated heterocycles. The van der Waals surface area contributed by atoms with Crippen molar-refractivity contribution in [2.75, 3.05) is 5.32 Å². The summed E-state index contributed by atoms with van der Waals surface area (Å²) in [5.41, 5.74) is 1.57. The van der Waals surface area contributed by atoms with Crippen molar-refractivity contribution < 1.29 is 9.32 Å². The molecule has 25 heavy (non-hydrogen) atoms. The lowest BCUT2D eigenvalue weighted by Crippen LogP contribution is -2.22. The van der Waals surface area contributed by atoms with E-state index in [-0.39, 0.29) is 11.2 Å². The molecule has 0 aliphatic carbocycles. The van der Waals surface area contributed by atoms with Crippen LogP contribution in [0.15, 0.2) is 59.1 Å². The summed E-state index contributed by atoms with van der Waals surface area (Å²) < 4.78 is 5.25. The van der Waals surface area contributed by atoms with Crippen molar-refractivity contribution >= 4 is 35.0 Å². The third-order valence-corrected chi connectivity index (χ3v) is 4.78. The first-order valence-corrected chi connectivity index (χ1v) is 9.10. The van der Waals surface area contributed by atoms with Crippen LogP contribution in [0.1, 0.15) is 12.8 Å². The number of nitrogens with zero attached hydrogens (tertiary/aromatic N) is 2. The molecule has 1 heterocycles.